The van der Waals surface area contributed by atoms with Gasteiger partial charge in [-0.1, -0.05) is 0 Å². The summed E-state index contributed by atoms with van der Waals surface area (Å²) >= 11 is 0.237. The molecule has 1 aromatic rings. The van der Waals surface area contributed by atoms with Gasteiger partial charge >= 0.3 is 6.18 Å². The lowest BCUT2D eigenvalue weighted by molar-refractivity contribution is -0.137. The zero-order chi connectivity index (χ0) is 9.35. The fourth-order valence-corrected chi connectivity index (χ4v) is 1.15. The summed E-state index contributed by atoms with van der Waals surface area (Å²) in [4.78, 5) is 13.2. The lowest BCUT2D eigenvalue weighted by atomic mass is 10.5. The van der Waals surface area contributed by atoms with Crippen LogP contribution in [0.3, 0.4) is 0 Å². The van der Waals surface area contributed by atoms with Crippen LogP contribution in [0.25, 0.3) is 0 Å². The Balaban J connectivity index is 0. The molecule has 1 aromatic heterocycles. The van der Waals surface area contributed by atoms with Gasteiger partial charge in [0.1, 0.15) is 4.88 Å². The molecule has 2 N–H and O–H groups in total. The smallest absolute Gasteiger partial charge is 0.365 e. The van der Waals surface area contributed by atoms with Crippen molar-refractivity contribution in [3.8, 4) is 0 Å². The van der Waals surface area contributed by atoms with Crippen molar-refractivity contribution in [3.05, 3.63) is 16.1 Å². The maximum atomic E-state index is 11.9. The van der Waals surface area contributed by atoms with Crippen LogP contribution >= 0.6 is 36.2 Å². The van der Waals surface area contributed by atoms with Crippen molar-refractivity contribution in [1.82, 2.24) is 4.98 Å². The number of rotatable bonds is 1. The van der Waals surface area contributed by atoms with Crippen molar-refractivity contribution >= 4 is 42.1 Å². The fraction of sp³-hybridized carbons (Fsp3) is 0.200. The van der Waals surface area contributed by atoms with Crippen molar-refractivity contribution in [3.63, 3.8) is 0 Å². The molecule has 0 saturated heterocycles. The Hall–Kier alpha value is -0.530. The van der Waals surface area contributed by atoms with E-state index in [1.54, 1.807) is 0 Å². The summed E-state index contributed by atoms with van der Waals surface area (Å²) in [6.45, 7) is 0. The van der Waals surface area contributed by atoms with Gasteiger partial charge in [-0.15, -0.1) is 36.2 Å². The number of carbonyl (C=O) groups excluding carboxylic acids is 1. The lowest BCUT2D eigenvalue weighted by Crippen LogP contribution is -2.08. The van der Waals surface area contributed by atoms with E-state index in [9.17, 15) is 18.0 Å². The van der Waals surface area contributed by atoms with E-state index in [4.69, 9.17) is 5.73 Å². The van der Waals surface area contributed by atoms with E-state index in [0.29, 0.717) is 0 Å². The number of nitrogens with zero attached hydrogens (tertiary/aromatic N) is 1. The molecule has 0 saturated carbocycles. The van der Waals surface area contributed by atoms with Gasteiger partial charge in [-0.05, 0) is 0 Å². The first kappa shape index (κ1) is 15.9. The number of carbonyl (C=O) groups is 1. The maximum Gasteiger partial charge on any atom is 0.443 e. The predicted molar refractivity (Wildman–Crippen MR) is 50.1 cm³/mol. The SMILES string of the molecule is Cl.Cl.NC(=O)c1cnc(C(F)(F)F)s1. The zero-order valence-corrected chi connectivity index (χ0v) is 8.82. The molecule has 3 nitrogen and oxygen atoms in total. The summed E-state index contributed by atoms with van der Waals surface area (Å²) in [5.41, 5.74) is 4.73. The summed E-state index contributed by atoms with van der Waals surface area (Å²) in [5, 5.41) is -1.06. The number of halogens is 5. The number of aromatic nitrogens is 1. The second-order valence-corrected chi connectivity index (χ2v) is 2.92. The Morgan fingerprint density at radius 1 is 1.43 bits per heavy atom. The lowest BCUT2D eigenvalue weighted by Gasteiger charge is -1.98. The Morgan fingerprint density at radius 2 is 1.93 bits per heavy atom. The highest BCUT2D eigenvalue weighted by Gasteiger charge is 2.34. The molecule has 1 heterocycles. The van der Waals surface area contributed by atoms with Crippen molar-refractivity contribution in [2.75, 3.05) is 0 Å². The van der Waals surface area contributed by atoms with E-state index < -0.39 is 17.1 Å². The molecular formula is C5H5Cl2F3N2OS. The van der Waals surface area contributed by atoms with Crippen LogP contribution in [0.15, 0.2) is 6.20 Å². The first-order valence-electron chi connectivity index (χ1n) is 2.74. The third-order valence-corrected chi connectivity index (χ3v) is 2.05. The minimum atomic E-state index is -4.50. The number of amides is 1. The van der Waals surface area contributed by atoms with Gasteiger partial charge in [0.15, 0.2) is 5.01 Å². The van der Waals surface area contributed by atoms with Crippen molar-refractivity contribution in [2.24, 2.45) is 5.73 Å². The van der Waals surface area contributed by atoms with Crippen LogP contribution in [0.4, 0.5) is 13.2 Å². The average Bonchev–Trinajstić information content (AvgIpc) is 2.30. The normalized spacial score (nSPS) is 9.93. The summed E-state index contributed by atoms with van der Waals surface area (Å²) in [6.07, 6.45) is -3.69. The minimum Gasteiger partial charge on any atom is -0.365 e. The van der Waals surface area contributed by atoms with Gasteiger partial charge in [0.25, 0.3) is 5.91 Å². The zero-order valence-electron chi connectivity index (χ0n) is 6.37. The Labute approximate surface area is 93.3 Å². The molecule has 1 amide bonds. The fourth-order valence-electron chi connectivity index (χ4n) is 0.519. The molecule has 82 valence electrons. The van der Waals surface area contributed by atoms with E-state index in [0.717, 1.165) is 6.20 Å². The molecule has 0 unspecified atom stereocenters. The summed E-state index contributed by atoms with van der Waals surface area (Å²) in [6, 6.07) is 0. The molecule has 0 aliphatic heterocycles. The van der Waals surface area contributed by atoms with Gasteiger partial charge in [0.05, 0.1) is 6.20 Å². The Kier molecular flexibility index (Phi) is 6.11. The van der Waals surface area contributed by atoms with E-state index in [2.05, 4.69) is 4.98 Å². The monoisotopic (exact) mass is 268 g/mol. The molecule has 0 aliphatic rings. The number of alkyl halides is 3. The van der Waals surface area contributed by atoms with Crippen LogP contribution in [0.1, 0.15) is 14.7 Å². The molecule has 9 heteroatoms. The molecule has 0 bridgehead atoms. The minimum absolute atomic E-state index is 0. The van der Waals surface area contributed by atoms with Crippen molar-refractivity contribution in [2.45, 2.75) is 6.18 Å². The van der Waals surface area contributed by atoms with Crippen LogP contribution in [0.5, 0.6) is 0 Å². The number of hydrogen-bond donors (Lipinski definition) is 1. The van der Waals surface area contributed by atoms with Gasteiger partial charge in [-0.25, -0.2) is 4.98 Å². The second-order valence-electron chi connectivity index (χ2n) is 1.89. The number of thiazole rings is 1. The third-order valence-electron chi connectivity index (χ3n) is 0.991. The van der Waals surface area contributed by atoms with Gasteiger partial charge in [-0.3, -0.25) is 4.79 Å². The van der Waals surface area contributed by atoms with E-state index >= 15 is 0 Å². The molecule has 0 fully saturated rings. The molecule has 0 radical (unpaired) electrons. The molecule has 0 spiro atoms. The average molecular weight is 269 g/mol. The first-order valence-corrected chi connectivity index (χ1v) is 3.55. The van der Waals surface area contributed by atoms with Crippen LogP contribution in [-0.2, 0) is 6.18 Å². The standard InChI is InChI=1S/C5H3F3N2OS.2ClH/c6-5(7,8)4-10-1-2(12-4)3(9)11;;/h1H,(H2,9,11);2*1H. The number of nitrogens with two attached hydrogens (primary N) is 1. The predicted octanol–water partition coefficient (Wildman–Crippen LogP) is 2.10. The number of hydrogen-bond acceptors (Lipinski definition) is 3. The molecule has 0 aromatic carbocycles. The topological polar surface area (TPSA) is 56.0 Å². The molecule has 0 atom stereocenters. The number of primary amides is 1. The quantitative estimate of drug-likeness (QED) is 0.848. The van der Waals surface area contributed by atoms with Crippen LogP contribution < -0.4 is 5.73 Å². The first-order chi connectivity index (χ1) is 5.41. The van der Waals surface area contributed by atoms with Crippen LogP contribution in [-0.4, -0.2) is 10.9 Å². The van der Waals surface area contributed by atoms with Gasteiger partial charge < -0.3 is 5.73 Å². The highest BCUT2D eigenvalue weighted by atomic mass is 35.5. The Bertz CT molecular complexity index is 314. The summed E-state index contributed by atoms with van der Waals surface area (Å²) in [5.74, 6) is -0.900. The van der Waals surface area contributed by atoms with Crippen LogP contribution in [0.2, 0.25) is 0 Å². The van der Waals surface area contributed by atoms with E-state index in [1.807, 2.05) is 0 Å². The third kappa shape index (κ3) is 3.69. The van der Waals surface area contributed by atoms with Gasteiger partial charge in [0, 0.05) is 0 Å². The largest absolute Gasteiger partial charge is 0.443 e. The summed E-state index contributed by atoms with van der Waals surface area (Å²) in [7, 11) is 0. The maximum absolute atomic E-state index is 11.9. The highest BCUT2D eigenvalue weighted by molar-refractivity contribution is 7.13. The van der Waals surface area contributed by atoms with E-state index in [1.165, 1.54) is 0 Å². The molecule has 14 heavy (non-hydrogen) atoms. The molecule has 0 aliphatic carbocycles. The van der Waals surface area contributed by atoms with E-state index in [-0.39, 0.29) is 41.0 Å². The van der Waals surface area contributed by atoms with Gasteiger partial charge in [0.2, 0.25) is 0 Å². The van der Waals surface area contributed by atoms with Crippen LogP contribution in [0, 0.1) is 0 Å². The highest BCUT2D eigenvalue weighted by Crippen LogP contribution is 2.32. The second kappa shape index (κ2) is 5.38. The summed E-state index contributed by atoms with van der Waals surface area (Å²) < 4.78 is 35.6. The molecular weight excluding hydrogens is 264 g/mol. The molecule has 1 rings (SSSR count). The van der Waals surface area contributed by atoms with Crippen molar-refractivity contribution in [1.29, 1.82) is 0 Å². The Morgan fingerprint density at radius 3 is 2.14 bits per heavy atom. The van der Waals surface area contributed by atoms with Crippen molar-refractivity contribution < 1.29 is 18.0 Å². The van der Waals surface area contributed by atoms with Gasteiger partial charge in [-0.2, -0.15) is 13.2 Å².